The molecule has 6 nitrogen and oxygen atoms in total. The lowest BCUT2D eigenvalue weighted by Gasteiger charge is -2.09. The molecule has 0 unspecified atom stereocenters. The van der Waals surface area contributed by atoms with Gasteiger partial charge in [0.25, 0.3) is 5.88 Å². The van der Waals surface area contributed by atoms with Crippen molar-refractivity contribution in [2.24, 2.45) is 0 Å². The number of ether oxygens (including phenoxy) is 1. The number of benzene rings is 1. The van der Waals surface area contributed by atoms with E-state index < -0.39 is 4.92 Å². The summed E-state index contributed by atoms with van der Waals surface area (Å²) in [6.07, 6.45) is 0. The van der Waals surface area contributed by atoms with Gasteiger partial charge in [0.15, 0.2) is 5.15 Å². The molecule has 0 N–H and O–H groups in total. The van der Waals surface area contributed by atoms with Gasteiger partial charge in [-0.3, -0.25) is 10.1 Å². The number of nitro benzene ring substituents is 1. The van der Waals surface area contributed by atoms with Crippen LogP contribution in [-0.4, -0.2) is 14.9 Å². The number of hydrogen-bond donors (Lipinski definition) is 0. The number of halogens is 1. The molecule has 0 aliphatic rings. The molecule has 20 heavy (non-hydrogen) atoms. The summed E-state index contributed by atoms with van der Waals surface area (Å²) in [6, 6.07) is 4.58. The predicted octanol–water partition coefficient (Wildman–Crippen LogP) is 3.76. The fourth-order valence-electron chi connectivity index (χ4n) is 1.58. The number of aryl methyl sites for hydroxylation is 3. The topological polar surface area (TPSA) is 78.2 Å². The van der Waals surface area contributed by atoms with E-state index in [4.69, 9.17) is 16.3 Å². The number of hydrogen-bond acceptors (Lipinski definition) is 5. The van der Waals surface area contributed by atoms with Gasteiger partial charge in [-0.2, -0.15) is 0 Å². The fraction of sp³-hybridized carbons (Fsp3) is 0.231. The van der Waals surface area contributed by atoms with Gasteiger partial charge in [0.1, 0.15) is 0 Å². The maximum atomic E-state index is 11.0. The molecule has 0 aliphatic heterocycles. The van der Waals surface area contributed by atoms with E-state index >= 15 is 0 Å². The summed E-state index contributed by atoms with van der Waals surface area (Å²) in [4.78, 5) is 18.7. The summed E-state index contributed by atoms with van der Waals surface area (Å²) < 4.78 is 5.47. The second-order valence-corrected chi connectivity index (χ2v) is 4.68. The molecule has 0 saturated heterocycles. The average Bonchev–Trinajstić information content (AvgIpc) is 2.35. The lowest BCUT2D eigenvalue weighted by atomic mass is 10.2. The van der Waals surface area contributed by atoms with E-state index in [2.05, 4.69) is 9.97 Å². The van der Waals surface area contributed by atoms with E-state index in [0.717, 1.165) is 5.56 Å². The Kier molecular flexibility index (Phi) is 3.85. The largest absolute Gasteiger partial charge is 0.429 e. The molecule has 0 radical (unpaired) electrons. The van der Waals surface area contributed by atoms with Crippen LogP contribution in [0, 0.1) is 30.9 Å². The Balaban J connectivity index is 2.47. The van der Waals surface area contributed by atoms with Crippen molar-refractivity contribution in [2.45, 2.75) is 20.8 Å². The number of aromatic nitrogens is 2. The molecule has 0 spiro atoms. The molecule has 0 fully saturated rings. The highest BCUT2D eigenvalue weighted by Crippen LogP contribution is 2.33. The maximum Gasteiger partial charge on any atom is 0.311 e. The van der Waals surface area contributed by atoms with Gasteiger partial charge in [-0.25, -0.2) is 9.97 Å². The molecule has 0 bridgehead atoms. The normalized spacial score (nSPS) is 10.4. The van der Waals surface area contributed by atoms with Crippen molar-refractivity contribution in [3.05, 3.63) is 50.4 Å². The van der Waals surface area contributed by atoms with Crippen LogP contribution in [0.1, 0.15) is 17.0 Å². The molecular weight excluding hydrogens is 282 g/mol. The Morgan fingerprint density at radius 2 is 1.85 bits per heavy atom. The predicted molar refractivity (Wildman–Crippen MR) is 74.4 cm³/mol. The van der Waals surface area contributed by atoms with Gasteiger partial charge >= 0.3 is 5.69 Å². The van der Waals surface area contributed by atoms with E-state index in [9.17, 15) is 10.1 Å². The highest BCUT2D eigenvalue weighted by Gasteiger charge is 2.18. The quantitative estimate of drug-likeness (QED) is 0.636. The van der Waals surface area contributed by atoms with E-state index in [0.29, 0.717) is 11.4 Å². The molecule has 0 atom stereocenters. The van der Waals surface area contributed by atoms with Gasteiger partial charge in [0, 0.05) is 6.07 Å². The van der Waals surface area contributed by atoms with Gasteiger partial charge in [0.2, 0.25) is 5.75 Å². The second kappa shape index (κ2) is 5.42. The summed E-state index contributed by atoms with van der Waals surface area (Å²) in [6.45, 7) is 5.34. The Hall–Kier alpha value is -2.21. The van der Waals surface area contributed by atoms with Crippen LogP contribution in [0.4, 0.5) is 5.69 Å². The lowest BCUT2D eigenvalue weighted by Crippen LogP contribution is -1.99. The number of nitro groups is 1. The van der Waals surface area contributed by atoms with E-state index in [-0.39, 0.29) is 22.5 Å². The van der Waals surface area contributed by atoms with E-state index in [1.165, 1.54) is 6.07 Å². The van der Waals surface area contributed by atoms with E-state index in [1.807, 2.05) is 6.92 Å². The van der Waals surface area contributed by atoms with E-state index in [1.54, 1.807) is 26.0 Å². The first-order valence-electron chi connectivity index (χ1n) is 5.82. The maximum absolute atomic E-state index is 11.0. The van der Waals surface area contributed by atoms with Crippen molar-refractivity contribution in [3.8, 4) is 11.6 Å². The molecule has 1 aromatic carbocycles. The van der Waals surface area contributed by atoms with Crippen molar-refractivity contribution in [1.82, 2.24) is 9.97 Å². The van der Waals surface area contributed by atoms with Gasteiger partial charge in [-0.1, -0.05) is 17.7 Å². The van der Waals surface area contributed by atoms with Gasteiger partial charge in [-0.15, -0.1) is 0 Å². The van der Waals surface area contributed by atoms with Gasteiger partial charge in [0.05, 0.1) is 16.3 Å². The summed E-state index contributed by atoms with van der Waals surface area (Å²) in [5.41, 5.74) is 2.02. The smallest absolute Gasteiger partial charge is 0.311 e. The molecule has 1 aromatic heterocycles. The molecular formula is C13H12ClN3O3. The van der Waals surface area contributed by atoms with Crippen molar-refractivity contribution < 1.29 is 9.66 Å². The third-order valence-corrected chi connectivity index (χ3v) is 3.00. The molecule has 1 heterocycles. The molecule has 0 aliphatic carbocycles. The van der Waals surface area contributed by atoms with Crippen molar-refractivity contribution in [1.29, 1.82) is 0 Å². The number of nitrogens with zero attached hydrogens (tertiary/aromatic N) is 3. The highest BCUT2D eigenvalue weighted by atomic mass is 35.5. The zero-order chi connectivity index (χ0) is 14.9. The summed E-state index contributed by atoms with van der Waals surface area (Å²) >= 11 is 5.95. The van der Waals surface area contributed by atoms with Gasteiger partial charge in [-0.05, 0) is 32.4 Å². The Labute approximate surface area is 120 Å². The third-order valence-electron chi connectivity index (χ3n) is 2.75. The zero-order valence-corrected chi connectivity index (χ0v) is 11.9. The van der Waals surface area contributed by atoms with Crippen molar-refractivity contribution in [2.75, 3.05) is 0 Å². The van der Waals surface area contributed by atoms with Crippen LogP contribution in [0.2, 0.25) is 5.15 Å². The molecule has 0 saturated carbocycles. The van der Waals surface area contributed by atoms with Crippen LogP contribution in [0.3, 0.4) is 0 Å². The fourth-order valence-corrected chi connectivity index (χ4v) is 1.79. The zero-order valence-electron chi connectivity index (χ0n) is 11.2. The van der Waals surface area contributed by atoms with Crippen molar-refractivity contribution in [3.63, 3.8) is 0 Å². The van der Waals surface area contributed by atoms with Crippen LogP contribution < -0.4 is 4.74 Å². The lowest BCUT2D eigenvalue weighted by molar-refractivity contribution is -0.385. The highest BCUT2D eigenvalue weighted by molar-refractivity contribution is 6.30. The minimum atomic E-state index is -0.517. The van der Waals surface area contributed by atoms with Crippen LogP contribution in [0.25, 0.3) is 0 Å². The third kappa shape index (κ3) is 2.85. The average molecular weight is 294 g/mol. The monoisotopic (exact) mass is 293 g/mol. The summed E-state index contributed by atoms with van der Waals surface area (Å²) in [5.74, 6) is 0.151. The minimum absolute atomic E-state index is 0.0588. The minimum Gasteiger partial charge on any atom is -0.429 e. The summed E-state index contributed by atoms with van der Waals surface area (Å²) in [7, 11) is 0. The molecule has 2 aromatic rings. The second-order valence-electron chi connectivity index (χ2n) is 4.32. The Morgan fingerprint density at radius 1 is 1.20 bits per heavy atom. The first-order chi connectivity index (χ1) is 9.38. The molecule has 104 valence electrons. The summed E-state index contributed by atoms with van der Waals surface area (Å²) in [5, 5.41) is 11.1. The standard InChI is InChI=1S/C13H12ClN3O3/c1-7-4-5-10(17(18)19)11(6-7)20-13-12(14)15-8(2)9(3)16-13/h4-6H,1-3H3. The van der Waals surface area contributed by atoms with Crippen LogP contribution in [-0.2, 0) is 0 Å². The molecule has 7 heteroatoms. The van der Waals surface area contributed by atoms with Crippen LogP contribution in [0.5, 0.6) is 11.6 Å². The Morgan fingerprint density at radius 3 is 2.50 bits per heavy atom. The van der Waals surface area contributed by atoms with Gasteiger partial charge < -0.3 is 4.74 Å². The van der Waals surface area contributed by atoms with Crippen molar-refractivity contribution >= 4 is 17.3 Å². The first kappa shape index (κ1) is 14.2. The SMILES string of the molecule is Cc1ccc([N+](=O)[O-])c(Oc2nc(C)c(C)nc2Cl)c1. The first-order valence-corrected chi connectivity index (χ1v) is 6.20. The van der Waals surface area contributed by atoms with Crippen LogP contribution in [0.15, 0.2) is 18.2 Å². The van der Waals surface area contributed by atoms with Crippen LogP contribution >= 0.6 is 11.6 Å². The number of rotatable bonds is 3. The Bertz CT molecular complexity index is 689. The molecule has 2 rings (SSSR count). The molecule has 0 amide bonds.